The van der Waals surface area contributed by atoms with E-state index in [-0.39, 0.29) is 23.8 Å². The average Bonchev–Trinajstić information content (AvgIpc) is 2.59. The number of esters is 1. The van der Waals surface area contributed by atoms with Gasteiger partial charge in [-0.05, 0) is 38.3 Å². The van der Waals surface area contributed by atoms with Crippen LogP contribution in [0.4, 0.5) is 4.79 Å². The summed E-state index contributed by atoms with van der Waals surface area (Å²) in [6.45, 7) is 6.36. The molecule has 0 saturated carbocycles. The quantitative estimate of drug-likeness (QED) is 0.586. The molecule has 0 aliphatic carbocycles. The Morgan fingerprint density at radius 3 is 2.21 bits per heavy atom. The third kappa shape index (κ3) is 8.05. The van der Waals surface area contributed by atoms with Gasteiger partial charge in [-0.15, -0.1) is 0 Å². The Labute approximate surface area is 164 Å². The Bertz CT molecular complexity index is 789. The number of amides is 2. The number of nitrogens with one attached hydrogen (secondary N) is 2. The second-order valence-electron chi connectivity index (χ2n) is 6.49. The summed E-state index contributed by atoms with van der Waals surface area (Å²) in [4.78, 5) is 35.1. The van der Waals surface area contributed by atoms with Crippen LogP contribution in [-0.2, 0) is 29.1 Å². The number of alkyl carbamates (subject to hydrolysis) is 1. The molecule has 0 heterocycles. The second-order valence-corrected chi connectivity index (χ2v) is 8.21. The number of rotatable bonds is 9. The molecule has 0 aromatic heterocycles. The molecule has 0 bridgehead atoms. The zero-order valence-electron chi connectivity index (χ0n) is 16.4. The average molecular weight is 414 g/mol. The molecule has 0 saturated heterocycles. The van der Waals surface area contributed by atoms with Crippen LogP contribution in [0.15, 0.2) is 29.2 Å². The maximum absolute atomic E-state index is 12.5. The lowest BCUT2D eigenvalue weighted by Gasteiger charge is -2.19. The topological polar surface area (TPSA) is 128 Å². The normalized spacial score (nSPS) is 12.3. The molecule has 156 valence electrons. The Kier molecular flexibility index (Phi) is 9.07. The molecule has 0 unspecified atom stereocenters. The monoisotopic (exact) mass is 414 g/mol. The first-order valence-corrected chi connectivity index (χ1v) is 10.3. The van der Waals surface area contributed by atoms with Crippen molar-refractivity contribution in [2.75, 3.05) is 13.2 Å². The van der Waals surface area contributed by atoms with Crippen LogP contribution >= 0.6 is 0 Å². The number of aryl methyl sites for hydroxylation is 1. The number of carbonyl (C=O) groups is 3. The van der Waals surface area contributed by atoms with Crippen LogP contribution in [0.3, 0.4) is 0 Å². The van der Waals surface area contributed by atoms with Gasteiger partial charge in [-0.25, -0.2) is 13.2 Å². The first-order chi connectivity index (χ1) is 13.0. The Balaban J connectivity index is 2.78. The van der Waals surface area contributed by atoms with E-state index in [1.165, 1.54) is 12.1 Å². The first kappa shape index (κ1) is 23.6. The Morgan fingerprint density at radius 2 is 1.68 bits per heavy atom. The van der Waals surface area contributed by atoms with Gasteiger partial charge in [0.25, 0.3) is 5.91 Å². The van der Waals surface area contributed by atoms with E-state index >= 15 is 0 Å². The minimum absolute atomic E-state index is 0.0136. The molecular weight excluding hydrogens is 388 g/mol. The van der Waals surface area contributed by atoms with Gasteiger partial charge >= 0.3 is 12.1 Å². The lowest BCUT2D eigenvalue weighted by molar-refractivity contribution is -0.150. The first-order valence-electron chi connectivity index (χ1n) is 8.77. The highest BCUT2D eigenvalue weighted by molar-refractivity contribution is 7.89. The second kappa shape index (κ2) is 10.8. The van der Waals surface area contributed by atoms with E-state index in [4.69, 9.17) is 4.74 Å². The molecule has 2 amide bonds. The third-order valence-corrected chi connectivity index (χ3v) is 4.97. The Hall–Kier alpha value is -2.46. The molecule has 1 rings (SSSR count). The predicted molar refractivity (Wildman–Crippen MR) is 101 cm³/mol. The lowest BCUT2D eigenvalue weighted by Crippen LogP contribution is -2.44. The molecule has 28 heavy (non-hydrogen) atoms. The highest BCUT2D eigenvalue weighted by atomic mass is 32.2. The summed E-state index contributed by atoms with van der Waals surface area (Å²) in [5, 5.41) is 1.88. The fraction of sp³-hybridized carbons (Fsp3) is 0.500. The number of carbonyl (C=O) groups excluding carboxylic acids is 3. The SMILES string of the molecule is CCOC(=O)NC(=O)COC(=O)[C@@H](CC(C)C)NS(=O)(=O)c1ccc(C)cc1. The summed E-state index contributed by atoms with van der Waals surface area (Å²) in [5.74, 6) is -1.81. The van der Waals surface area contributed by atoms with Crippen molar-refractivity contribution in [1.29, 1.82) is 0 Å². The minimum atomic E-state index is -3.96. The summed E-state index contributed by atoms with van der Waals surface area (Å²) < 4.78 is 36.8. The number of hydrogen-bond acceptors (Lipinski definition) is 7. The summed E-state index contributed by atoms with van der Waals surface area (Å²) in [6.07, 6.45) is -0.786. The van der Waals surface area contributed by atoms with Gasteiger partial charge in [-0.3, -0.25) is 14.9 Å². The van der Waals surface area contributed by atoms with Crippen LogP contribution in [0.5, 0.6) is 0 Å². The van der Waals surface area contributed by atoms with Crippen molar-refractivity contribution in [1.82, 2.24) is 10.0 Å². The molecule has 1 aromatic rings. The van der Waals surface area contributed by atoms with Gasteiger partial charge in [0, 0.05) is 0 Å². The van der Waals surface area contributed by atoms with Gasteiger partial charge in [0.15, 0.2) is 6.61 Å². The van der Waals surface area contributed by atoms with Crippen LogP contribution < -0.4 is 10.0 Å². The van der Waals surface area contributed by atoms with Crippen molar-refractivity contribution in [3.63, 3.8) is 0 Å². The van der Waals surface area contributed by atoms with Crippen molar-refractivity contribution in [2.45, 2.75) is 45.1 Å². The Morgan fingerprint density at radius 1 is 1.07 bits per heavy atom. The molecule has 0 aliphatic heterocycles. The zero-order chi connectivity index (χ0) is 21.3. The number of imide groups is 1. The predicted octanol–water partition coefficient (Wildman–Crippen LogP) is 1.50. The van der Waals surface area contributed by atoms with E-state index in [1.807, 2.05) is 26.1 Å². The van der Waals surface area contributed by atoms with Crippen LogP contribution in [0.2, 0.25) is 0 Å². The minimum Gasteiger partial charge on any atom is -0.454 e. The van der Waals surface area contributed by atoms with Crippen molar-refractivity contribution < 1.29 is 32.3 Å². The standard InChI is InChI=1S/C18H26N2O7S/c1-5-26-18(23)19-16(21)11-27-17(22)15(10-12(2)3)20-28(24,25)14-8-6-13(4)7-9-14/h6-9,12,15,20H,5,10-11H2,1-4H3,(H,19,21,23)/t15-/m1/s1. The van der Waals surface area contributed by atoms with Gasteiger partial charge in [-0.2, -0.15) is 4.72 Å². The van der Waals surface area contributed by atoms with Gasteiger partial charge in [0.2, 0.25) is 10.0 Å². The third-order valence-electron chi connectivity index (χ3n) is 3.48. The number of sulfonamides is 1. The fourth-order valence-electron chi connectivity index (χ4n) is 2.19. The van der Waals surface area contributed by atoms with Crippen molar-refractivity contribution in [3.05, 3.63) is 29.8 Å². The van der Waals surface area contributed by atoms with E-state index in [9.17, 15) is 22.8 Å². The fourth-order valence-corrected chi connectivity index (χ4v) is 3.39. The van der Waals surface area contributed by atoms with Crippen LogP contribution in [0, 0.1) is 12.8 Å². The van der Waals surface area contributed by atoms with Crippen LogP contribution in [0.1, 0.15) is 32.8 Å². The van der Waals surface area contributed by atoms with E-state index in [0.29, 0.717) is 0 Å². The van der Waals surface area contributed by atoms with E-state index in [2.05, 4.69) is 9.46 Å². The van der Waals surface area contributed by atoms with Gasteiger partial charge in [-0.1, -0.05) is 31.5 Å². The summed E-state index contributed by atoms with van der Waals surface area (Å²) in [7, 11) is -3.96. The summed E-state index contributed by atoms with van der Waals surface area (Å²) in [5.41, 5.74) is 0.893. The van der Waals surface area contributed by atoms with Crippen LogP contribution in [0.25, 0.3) is 0 Å². The molecule has 0 spiro atoms. The zero-order valence-corrected chi connectivity index (χ0v) is 17.2. The molecule has 9 nitrogen and oxygen atoms in total. The molecule has 0 aliphatic rings. The van der Waals surface area contributed by atoms with E-state index < -0.39 is 40.6 Å². The molecule has 0 fully saturated rings. The highest BCUT2D eigenvalue weighted by Gasteiger charge is 2.28. The smallest absolute Gasteiger partial charge is 0.413 e. The van der Waals surface area contributed by atoms with Crippen molar-refractivity contribution >= 4 is 28.0 Å². The maximum atomic E-state index is 12.5. The summed E-state index contributed by atoms with van der Waals surface area (Å²) >= 11 is 0. The van der Waals surface area contributed by atoms with Crippen molar-refractivity contribution in [2.24, 2.45) is 5.92 Å². The maximum Gasteiger partial charge on any atom is 0.413 e. The number of benzene rings is 1. The van der Waals surface area contributed by atoms with Gasteiger partial charge in [0.05, 0.1) is 11.5 Å². The number of hydrogen-bond donors (Lipinski definition) is 2. The highest BCUT2D eigenvalue weighted by Crippen LogP contribution is 2.14. The lowest BCUT2D eigenvalue weighted by atomic mass is 10.1. The summed E-state index contributed by atoms with van der Waals surface area (Å²) in [6, 6.07) is 4.97. The van der Waals surface area contributed by atoms with Crippen LogP contribution in [-0.4, -0.2) is 45.6 Å². The molecule has 2 N–H and O–H groups in total. The molecular formula is C18H26N2O7S. The number of ether oxygens (including phenoxy) is 2. The van der Waals surface area contributed by atoms with E-state index in [0.717, 1.165) is 5.56 Å². The van der Waals surface area contributed by atoms with Gasteiger partial charge < -0.3 is 9.47 Å². The molecule has 10 heteroatoms. The largest absolute Gasteiger partial charge is 0.454 e. The van der Waals surface area contributed by atoms with Crippen molar-refractivity contribution in [3.8, 4) is 0 Å². The molecule has 1 atom stereocenters. The van der Waals surface area contributed by atoms with Gasteiger partial charge in [0.1, 0.15) is 6.04 Å². The molecule has 1 aromatic carbocycles. The van der Waals surface area contributed by atoms with E-state index in [1.54, 1.807) is 19.1 Å². The molecule has 0 radical (unpaired) electrons.